The van der Waals surface area contributed by atoms with Crippen LogP contribution in [-0.2, 0) is 0 Å². The highest BCUT2D eigenvalue weighted by atomic mass is 15.3. The summed E-state index contributed by atoms with van der Waals surface area (Å²) in [5.41, 5.74) is 6.91. The molecule has 1 aliphatic heterocycles. The Kier molecular flexibility index (Phi) is 2.87. The summed E-state index contributed by atoms with van der Waals surface area (Å²) in [6, 6.07) is 1.86. The average Bonchev–Trinajstić information content (AvgIpc) is 3.16. The first-order valence-electron chi connectivity index (χ1n) is 7.33. The minimum atomic E-state index is 0.604. The van der Waals surface area contributed by atoms with Gasteiger partial charge in [0.2, 0.25) is 0 Å². The van der Waals surface area contributed by atoms with E-state index < -0.39 is 0 Å². The van der Waals surface area contributed by atoms with E-state index in [1.54, 1.807) is 17.2 Å². The molecule has 3 heterocycles. The van der Waals surface area contributed by atoms with Crippen LogP contribution in [0.1, 0.15) is 12.8 Å². The first kappa shape index (κ1) is 12.4. The third-order valence-electron chi connectivity index (χ3n) is 4.48. The monoisotopic (exact) mass is 282 g/mol. The summed E-state index contributed by atoms with van der Waals surface area (Å²) in [5, 5.41) is 4.21. The Morgan fingerprint density at radius 3 is 2.43 bits per heavy atom. The van der Waals surface area contributed by atoms with Crippen LogP contribution in [0.25, 0.3) is 5.82 Å². The Bertz CT molecular complexity index is 647. The molecule has 2 aromatic heterocycles. The lowest BCUT2D eigenvalue weighted by Crippen LogP contribution is -2.23. The van der Waals surface area contributed by atoms with Crippen molar-refractivity contribution in [3.05, 3.63) is 36.9 Å². The van der Waals surface area contributed by atoms with Gasteiger partial charge < -0.3 is 10.6 Å². The molecule has 6 heteroatoms. The van der Waals surface area contributed by atoms with Crippen molar-refractivity contribution in [2.24, 2.45) is 11.8 Å². The third kappa shape index (κ3) is 2.07. The molecule has 2 aliphatic rings. The van der Waals surface area contributed by atoms with Gasteiger partial charge in [0.1, 0.15) is 12.0 Å². The number of fused-ring (bicyclic) bond motifs is 1. The summed E-state index contributed by atoms with van der Waals surface area (Å²) >= 11 is 0. The predicted molar refractivity (Wildman–Crippen MR) is 81.1 cm³/mol. The number of nitrogen functional groups attached to an aromatic ring is 1. The maximum atomic E-state index is 6.30. The zero-order valence-electron chi connectivity index (χ0n) is 11.8. The van der Waals surface area contributed by atoms with E-state index >= 15 is 0 Å². The normalized spacial score (nSPS) is 24.3. The van der Waals surface area contributed by atoms with Crippen LogP contribution in [0, 0.1) is 11.8 Å². The Labute approximate surface area is 123 Å². The summed E-state index contributed by atoms with van der Waals surface area (Å²) in [6.45, 7) is 2.05. The maximum Gasteiger partial charge on any atom is 0.181 e. The van der Waals surface area contributed by atoms with E-state index in [2.05, 4.69) is 32.1 Å². The number of nitrogens with zero attached hydrogens (tertiary/aromatic N) is 5. The van der Waals surface area contributed by atoms with Crippen LogP contribution < -0.4 is 10.6 Å². The Balaban J connectivity index is 1.66. The fourth-order valence-corrected chi connectivity index (χ4v) is 3.39. The van der Waals surface area contributed by atoms with Gasteiger partial charge >= 0.3 is 0 Å². The highest BCUT2D eigenvalue weighted by molar-refractivity contribution is 5.70. The zero-order chi connectivity index (χ0) is 14.2. The molecule has 2 aromatic rings. The van der Waals surface area contributed by atoms with E-state index in [4.69, 9.17) is 5.73 Å². The lowest BCUT2D eigenvalue weighted by Gasteiger charge is -2.20. The van der Waals surface area contributed by atoms with E-state index in [1.807, 2.05) is 12.3 Å². The highest BCUT2D eigenvalue weighted by Crippen LogP contribution is 2.37. The Hall–Kier alpha value is -2.37. The van der Waals surface area contributed by atoms with Gasteiger partial charge in [-0.1, -0.05) is 12.2 Å². The molecule has 0 amide bonds. The lowest BCUT2D eigenvalue weighted by molar-refractivity contribution is 0.411. The summed E-state index contributed by atoms with van der Waals surface area (Å²) in [5.74, 6) is 2.93. The van der Waals surface area contributed by atoms with Crippen LogP contribution in [-0.4, -0.2) is 32.8 Å². The van der Waals surface area contributed by atoms with Gasteiger partial charge in [-0.25, -0.2) is 14.6 Å². The topological polar surface area (TPSA) is 72.9 Å². The number of hydrogen-bond donors (Lipinski definition) is 1. The second-order valence-corrected chi connectivity index (χ2v) is 5.75. The van der Waals surface area contributed by atoms with E-state index in [1.165, 1.54) is 0 Å². The lowest BCUT2D eigenvalue weighted by atomic mass is 9.86. The first-order valence-corrected chi connectivity index (χ1v) is 7.33. The fourth-order valence-electron chi connectivity index (χ4n) is 3.39. The molecular formula is C15H18N6. The number of nitrogens with two attached hydrogens (primary N) is 1. The summed E-state index contributed by atoms with van der Waals surface area (Å²) in [6.07, 6.45) is 12.1. The molecule has 0 spiro atoms. The Morgan fingerprint density at radius 1 is 1.05 bits per heavy atom. The quantitative estimate of drug-likeness (QED) is 0.848. The van der Waals surface area contributed by atoms with Crippen LogP contribution in [0.2, 0.25) is 0 Å². The average molecular weight is 282 g/mol. The van der Waals surface area contributed by atoms with Crippen molar-refractivity contribution in [3.8, 4) is 5.82 Å². The summed E-state index contributed by atoms with van der Waals surface area (Å²) in [7, 11) is 0. The number of allylic oxidation sites excluding steroid dienone is 2. The molecule has 21 heavy (non-hydrogen) atoms. The largest absolute Gasteiger partial charge is 0.393 e. The van der Waals surface area contributed by atoms with Crippen LogP contribution in [0.4, 0.5) is 11.5 Å². The van der Waals surface area contributed by atoms with E-state index in [-0.39, 0.29) is 0 Å². The minimum absolute atomic E-state index is 0.604. The summed E-state index contributed by atoms with van der Waals surface area (Å²) < 4.78 is 1.69. The molecule has 0 aromatic carbocycles. The number of rotatable bonds is 2. The number of hydrogen-bond acceptors (Lipinski definition) is 5. The molecule has 108 valence electrons. The maximum absolute atomic E-state index is 6.30. The van der Waals surface area contributed by atoms with Gasteiger partial charge in [0.15, 0.2) is 11.6 Å². The third-order valence-corrected chi connectivity index (χ3v) is 4.48. The van der Waals surface area contributed by atoms with Crippen LogP contribution in [0.15, 0.2) is 36.9 Å². The fraction of sp³-hybridized carbons (Fsp3) is 0.400. The van der Waals surface area contributed by atoms with Gasteiger partial charge in [-0.3, -0.25) is 0 Å². The predicted octanol–water partition coefficient (Wildman–Crippen LogP) is 1.65. The molecule has 1 fully saturated rings. The van der Waals surface area contributed by atoms with Gasteiger partial charge in [-0.15, -0.1) is 0 Å². The minimum Gasteiger partial charge on any atom is -0.393 e. The molecule has 6 nitrogen and oxygen atoms in total. The van der Waals surface area contributed by atoms with Crippen molar-refractivity contribution in [1.29, 1.82) is 0 Å². The van der Waals surface area contributed by atoms with Gasteiger partial charge in [0, 0.05) is 25.5 Å². The second kappa shape index (κ2) is 4.87. The summed E-state index contributed by atoms with van der Waals surface area (Å²) in [4.78, 5) is 11.0. The molecule has 0 unspecified atom stereocenters. The van der Waals surface area contributed by atoms with Crippen molar-refractivity contribution in [1.82, 2.24) is 19.7 Å². The molecule has 2 N–H and O–H groups in total. The van der Waals surface area contributed by atoms with Crippen LogP contribution in [0.5, 0.6) is 0 Å². The van der Waals surface area contributed by atoms with Crippen molar-refractivity contribution in [2.75, 3.05) is 23.7 Å². The van der Waals surface area contributed by atoms with Crippen molar-refractivity contribution in [3.63, 3.8) is 0 Å². The smallest absolute Gasteiger partial charge is 0.181 e. The van der Waals surface area contributed by atoms with Crippen molar-refractivity contribution in [2.45, 2.75) is 12.8 Å². The second-order valence-electron chi connectivity index (χ2n) is 5.75. The highest BCUT2D eigenvalue weighted by Gasteiger charge is 2.34. The van der Waals surface area contributed by atoms with Crippen LogP contribution in [0.3, 0.4) is 0 Å². The van der Waals surface area contributed by atoms with Gasteiger partial charge in [0.05, 0.1) is 0 Å². The molecular weight excluding hydrogens is 264 g/mol. The first-order chi connectivity index (χ1) is 10.3. The molecule has 1 saturated heterocycles. The van der Waals surface area contributed by atoms with Gasteiger partial charge in [0.25, 0.3) is 0 Å². The zero-order valence-corrected chi connectivity index (χ0v) is 11.8. The molecule has 2 atom stereocenters. The van der Waals surface area contributed by atoms with Crippen molar-refractivity contribution < 1.29 is 0 Å². The molecule has 0 bridgehead atoms. The van der Waals surface area contributed by atoms with E-state index in [9.17, 15) is 0 Å². The standard InChI is InChI=1S/C15H18N6/c16-13-14(17-10-18-15(13)21-7-3-6-19-21)20-8-11-4-1-2-5-12(11)9-20/h1-3,6-7,10-12H,4-5,8-9,16H2/t11-,12-/m0/s1. The number of anilines is 2. The SMILES string of the molecule is Nc1c(N2C[C@@H]3CC=CC[C@H]3C2)ncnc1-n1cccn1. The van der Waals surface area contributed by atoms with E-state index in [0.29, 0.717) is 11.5 Å². The molecule has 1 aliphatic carbocycles. The molecule has 4 rings (SSSR count). The Morgan fingerprint density at radius 2 is 1.76 bits per heavy atom. The van der Waals surface area contributed by atoms with Crippen LogP contribution >= 0.6 is 0 Å². The molecule has 0 radical (unpaired) electrons. The number of aromatic nitrogens is 4. The van der Waals surface area contributed by atoms with Crippen molar-refractivity contribution >= 4 is 11.5 Å². The van der Waals surface area contributed by atoms with Gasteiger partial charge in [-0.2, -0.15) is 5.10 Å². The molecule has 0 saturated carbocycles. The van der Waals surface area contributed by atoms with E-state index in [0.717, 1.165) is 43.6 Å². The van der Waals surface area contributed by atoms with Gasteiger partial charge in [-0.05, 0) is 30.7 Å².